The van der Waals surface area contributed by atoms with Crippen LogP contribution in [-0.2, 0) is 0 Å². The topological polar surface area (TPSA) is 46.3 Å². The predicted molar refractivity (Wildman–Crippen MR) is 74.4 cm³/mol. The van der Waals surface area contributed by atoms with Gasteiger partial charge < -0.3 is 10.6 Å². The summed E-state index contributed by atoms with van der Waals surface area (Å²) >= 11 is 10.7. The van der Waals surface area contributed by atoms with Gasteiger partial charge in [0.2, 0.25) is 0 Å². The van der Waals surface area contributed by atoms with Gasteiger partial charge in [0, 0.05) is 30.1 Å². The summed E-state index contributed by atoms with van der Waals surface area (Å²) < 4.78 is 0. The molecule has 1 aromatic carbocycles. The Balaban J connectivity index is 2.73. The van der Waals surface area contributed by atoms with Crippen LogP contribution in [0.3, 0.4) is 0 Å². The Morgan fingerprint density at radius 3 is 2.76 bits per heavy atom. The van der Waals surface area contributed by atoms with Crippen molar-refractivity contribution >= 4 is 34.7 Å². The fourth-order valence-corrected chi connectivity index (χ4v) is 1.69. The Bertz CT molecular complexity index is 436. The fourth-order valence-electron chi connectivity index (χ4n) is 1.43. The molecular weight excluding hydrogens is 256 g/mol. The number of hydrogen-bond acceptors (Lipinski definition) is 2. The van der Waals surface area contributed by atoms with Crippen LogP contribution >= 0.6 is 23.8 Å². The van der Waals surface area contributed by atoms with Crippen LogP contribution in [0.4, 0.5) is 0 Å². The van der Waals surface area contributed by atoms with Gasteiger partial charge in [-0.25, -0.2) is 0 Å². The summed E-state index contributed by atoms with van der Waals surface area (Å²) in [6.07, 6.45) is 0. The second-order valence-corrected chi connectivity index (χ2v) is 4.91. The molecule has 1 amide bonds. The maximum Gasteiger partial charge on any atom is 0.253 e. The van der Waals surface area contributed by atoms with Crippen molar-refractivity contribution in [1.29, 1.82) is 0 Å². The Kier molecular flexibility index (Phi) is 4.90. The minimum atomic E-state index is -0.0874. The summed E-state index contributed by atoms with van der Waals surface area (Å²) in [6.45, 7) is 2.39. The van der Waals surface area contributed by atoms with Crippen molar-refractivity contribution in [3.63, 3.8) is 0 Å². The van der Waals surface area contributed by atoms with Gasteiger partial charge in [0.15, 0.2) is 0 Å². The van der Waals surface area contributed by atoms with E-state index in [2.05, 4.69) is 0 Å². The van der Waals surface area contributed by atoms with Crippen LogP contribution < -0.4 is 5.73 Å². The highest BCUT2D eigenvalue weighted by molar-refractivity contribution is 7.80. The molecule has 5 heteroatoms. The van der Waals surface area contributed by atoms with Crippen molar-refractivity contribution in [2.75, 3.05) is 13.6 Å². The molecule has 0 fully saturated rings. The van der Waals surface area contributed by atoms with Gasteiger partial charge in [0.1, 0.15) is 0 Å². The van der Waals surface area contributed by atoms with Crippen LogP contribution in [-0.4, -0.2) is 29.4 Å². The lowest BCUT2D eigenvalue weighted by Crippen LogP contribution is -2.35. The van der Waals surface area contributed by atoms with Crippen LogP contribution in [0.15, 0.2) is 24.3 Å². The summed E-state index contributed by atoms with van der Waals surface area (Å²) in [5, 5.41) is 0.548. The number of halogens is 1. The zero-order chi connectivity index (χ0) is 13.0. The van der Waals surface area contributed by atoms with Gasteiger partial charge in [-0.2, -0.15) is 0 Å². The second-order valence-electron chi connectivity index (χ2n) is 4.00. The van der Waals surface area contributed by atoms with E-state index in [1.54, 1.807) is 36.2 Å². The number of rotatable bonds is 4. The molecule has 2 N–H and O–H groups in total. The van der Waals surface area contributed by atoms with Crippen molar-refractivity contribution in [2.45, 2.75) is 6.92 Å². The Morgan fingerprint density at radius 1 is 1.59 bits per heavy atom. The largest absolute Gasteiger partial charge is 0.393 e. The third-order valence-corrected chi connectivity index (χ3v) is 3.09. The summed E-state index contributed by atoms with van der Waals surface area (Å²) in [4.78, 5) is 14.0. The fraction of sp³-hybridized carbons (Fsp3) is 0.333. The lowest BCUT2D eigenvalue weighted by Gasteiger charge is -2.21. The molecule has 0 bridgehead atoms. The van der Waals surface area contributed by atoms with Crippen LogP contribution in [0.25, 0.3) is 0 Å². The zero-order valence-electron chi connectivity index (χ0n) is 9.81. The number of hydrogen-bond donors (Lipinski definition) is 1. The zero-order valence-corrected chi connectivity index (χ0v) is 11.4. The van der Waals surface area contributed by atoms with Crippen molar-refractivity contribution < 1.29 is 4.79 Å². The molecule has 0 spiro atoms. The van der Waals surface area contributed by atoms with Crippen LogP contribution in [0.5, 0.6) is 0 Å². The highest BCUT2D eigenvalue weighted by Gasteiger charge is 2.15. The third kappa shape index (κ3) is 3.98. The number of thiocarbonyl (C=S) groups is 1. The molecule has 0 aliphatic carbocycles. The van der Waals surface area contributed by atoms with E-state index in [0.29, 0.717) is 22.1 Å². The van der Waals surface area contributed by atoms with Crippen LogP contribution in [0.1, 0.15) is 17.3 Å². The molecule has 17 heavy (non-hydrogen) atoms. The van der Waals surface area contributed by atoms with E-state index >= 15 is 0 Å². The number of carbonyl (C=O) groups excluding carboxylic acids is 1. The lowest BCUT2D eigenvalue weighted by molar-refractivity contribution is 0.0787. The van der Waals surface area contributed by atoms with E-state index in [1.807, 2.05) is 6.92 Å². The Labute approximate surface area is 112 Å². The highest BCUT2D eigenvalue weighted by atomic mass is 35.5. The normalized spacial score (nSPS) is 11.9. The van der Waals surface area contributed by atoms with Crippen LogP contribution in [0, 0.1) is 5.92 Å². The molecule has 0 radical (unpaired) electrons. The Hall–Kier alpha value is -1.13. The molecule has 0 heterocycles. The molecule has 0 aromatic heterocycles. The lowest BCUT2D eigenvalue weighted by atomic mass is 10.1. The number of nitrogens with two attached hydrogens (primary N) is 1. The van der Waals surface area contributed by atoms with Gasteiger partial charge in [0.05, 0.1) is 4.99 Å². The average Bonchev–Trinajstić information content (AvgIpc) is 2.27. The SMILES string of the molecule is CC(CN(C)C(=O)c1cccc(Cl)c1)C(N)=S. The number of nitrogens with zero attached hydrogens (tertiary/aromatic N) is 1. The van der Waals surface area contributed by atoms with Gasteiger partial charge in [-0.3, -0.25) is 4.79 Å². The number of carbonyl (C=O) groups is 1. The van der Waals surface area contributed by atoms with E-state index in [9.17, 15) is 4.79 Å². The van der Waals surface area contributed by atoms with Crippen molar-refractivity contribution in [2.24, 2.45) is 11.7 Å². The van der Waals surface area contributed by atoms with E-state index in [0.717, 1.165) is 0 Å². The van der Waals surface area contributed by atoms with Crippen LogP contribution in [0.2, 0.25) is 5.02 Å². The molecule has 0 saturated heterocycles. The third-order valence-electron chi connectivity index (χ3n) is 2.45. The smallest absolute Gasteiger partial charge is 0.253 e. The van der Waals surface area contributed by atoms with Crippen molar-refractivity contribution in [3.05, 3.63) is 34.9 Å². The predicted octanol–water partition coefficient (Wildman–Crippen LogP) is 2.33. The molecule has 92 valence electrons. The van der Waals surface area contributed by atoms with Crippen molar-refractivity contribution in [3.8, 4) is 0 Å². The highest BCUT2D eigenvalue weighted by Crippen LogP contribution is 2.13. The maximum absolute atomic E-state index is 12.0. The quantitative estimate of drug-likeness (QED) is 0.855. The minimum absolute atomic E-state index is 0.00173. The van der Waals surface area contributed by atoms with E-state index in [-0.39, 0.29) is 11.8 Å². The maximum atomic E-state index is 12.0. The summed E-state index contributed by atoms with van der Waals surface area (Å²) in [5.74, 6) is -0.0891. The standard InChI is InChI=1S/C12H15ClN2OS/c1-8(11(14)17)7-15(2)12(16)9-4-3-5-10(13)6-9/h3-6,8H,7H2,1-2H3,(H2,14,17). The summed E-state index contributed by atoms with van der Waals surface area (Å²) in [6, 6.07) is 6.86. The first-order valence-electron chi connectivity index (χ1n) is 5.22. The number of amides is 1. The van der Waals surface area contributed by atoms with E-state index in [4.69, 9.17) is 29.6 Å². The molecule has 3 nitrogen and oxygen atoms in total. The average molecular weight is 271 g/mol. The van der Waals surface area contributed by atoms with Gasteiger partial charge in [0.25, 0.3) is 5.91 Å². The molecule has 0 saturated carbocycles. The molecule has 1 atom stereocenters. The molecular formula is C12H15ClN2OS. The van der Waals surface area contributed by atoms with Gasteiger partial charge in [-0.05, 0) is 18.2 Å². The van der Waals surface area contributed by atoms with Gasteiger partial charge in [-0.1, -0.05) is 36.8 Å². The van der Waals surface area contributed by atoms with E-state index < -0.39 is 0 Å². The molecule has 1 aromatic rings. The summed E-state index contributed by atoms with van der Waals surface area (Å²) in [7, 11) is 1.72. The number of benzene rings is 1. The summed E-state index contributed by atoms with van der Waals surface area (Å²) in [5.41, 5.74) is 6.08. The van der Waals surface area contributed by atoms with Gasteiger partial charge in [-0.15, -0.1) is 0 Å². The molecule has 0 aliphatic rings. The van der Waals surface area contributed by atoms with Crippen molar-refractivity contribution in [1.82, 2.24) is 4.90 Å². The monoisotopic (exact) mass is 270 g/mol. The van der Waals surface area contributed by atoms with E-state index in [1.165, 1.54) is 0 Å². The molecule has 1 unspecified atom stereocenters. The first kappa shape index (κ1) is 13.9. The first-order chi connectivity index (χ1) is 7.91. The Morgan fingerprint density at radius 2 is 2.24 bits per heavy atom. The molecule has 0 aliphatic heterocycles. The van der Waals surface area contributed by atoms with Gasteiger partial charge >= 0.3 is 0 Å². The first-order valence-corrected chi connectivity index (χ1v) is 6.00. The second kappa shape index (κ2) is 5.98. The minimum Gasteiger partial charge on any atom is -0.393 e. The molecule has 1 rings (SSSR count).